The zero-order valence-electron chi connectivity index (χ0n) is 7.73. The molecule has 0 heterocycles. The highest BCUT2D eigenvalue weighted by Gasteiger charge is 2.22. The standard InChI is InChI=1S/C8H19O2/c1-6-9-7-10(5)8(2,3)4/h6-7H2,1-5H3/q+1. The molecule has 0 unspecified atom stereocenters. The summed E-state index contributed by atoms with van der Waals surface area (Å²) in [4.78, 5) is 0. The molecule has 0 amide bonds. The van der Waals surface area contributed by atoms with Crippen molar-refractivity contribution < 1.29 is 9.10 Å². The van der Waals surface area contributed by atoms with Gasteiger partial charge in [-0.3, -0.25) is 0 Å². The van der Waals surface area contributed by atoms with Gasteiger partial charge in [0.2, 0.25) is 0 Å². The van der Waals surface area contributed by atoms with Crippen LogP contribution >= 0.6 is 0 Å². The first-order chi connectivity index (χ1) is 4.48. The summed E-state index contributed by atoms with van der Waals surface area (Å²) < 4.78 is 8.15. The second-order valence-electron chi connectivity index (χ2n) is 3.36. The fourth-order valence-corrected chi connectivity index (χ4v) is 0.385. The molecule has 0 saturated heterocycles. The van der Waals surface area contributed by atoms with Crippen molar-refractivity contribution in [3.05, 3.63) is 0 Å². The molecule has 0 aliphatic heterocycles. The fourth-order valence-electron chi connectivity index (χ4n) is 0.385. The lowest BCUT2D eigenvalue weighted by Crippen LogP contribution is -2.32. The summed E-state index contributed by atoms with van der Waals surface area (Å²) in [6.45, 7) is 9.81. The van der Waals surface area contributed by atoms with E-state index >= 15 is 0 Å². The molecule has 10 heavy (non-hydrogen) atoms. The lowest BCUT2D eigenvalue weighted by Gasteiger charge is -2.27. The molecule has 0 aliphatic rings. The summed E-state index contributed by atoms with van der Waals surface area (Å²) in [7, 11) is 1.98. The molecule has 0 rings (SSSR count). The van der Waals surface area contributed by atoms with Gasteiger partial charge in [0.05, 0.1) is 6.61 Å². The maximum absolute atomic E-state index is 5.21. The Labute approximate surface area is 63.8 Å². The van der Waals surface area contributed by atoms with Crippen molar-refractivity contribution in [3.63, 3.8) is 0 Å². The molecule has 0 aromatic heterocycles. The highest BCUT2D eigenvalue weighted by molar-refractivity contribution is 4.60. The Morgan fingerprint density at radius 3 is 2.10 bits per heavy atom. The molecule has 0 N–H and O–H groups in total. The molecule has 2 heteroatoms. The second kappa shape index (κ2) is 3.94. The number of hydrogen-bond donors (Lipinski definition) is 0. The smallest absolute Gasteiger partial charge is 0.255 e. The SMILES string of the molecule is CCOC[O+](C)C(C)(C)C. The van der Waals surface area contributed by atoms with E-state index in [-0.39, 0.29) is 5.60 Å². The molecule has 62 valence electrons. The predicted octanol–water partition coefficient (Wildman–Crippen LogP) is 1.96. The van der Waals surface area contributed by atoms with Crippen molar-refractivity contribution in [1.29, 1.82) is 0 Å². The average Bonchev–Trinajstić information content (AvgIpc) is 1.80. The Hall–Kier alpha value is -0.0800. The van der Waals surface area contributed by atoms with E-state index < -0.39 is 0 Å². The van der Waals surface area contributed by atoms with Gasteiger partial charge in [0.25, 0.3) is 6.79 Å². The van der Waals surface area contributed by atoms with E-state index in [9.17, 15) is 0 Å². The number of hydrogen-bond acceptors (Lipinski definition) is 1. The third-order valence-electron chi connectivity index (χ3n) is 1.51. The largest absolute Gasteiger partial charge is 0.399 e. The highest BCUT2D eigenvalue weighted by atomic mass is 16.8. The quantitative estimate of drug-likeness (QED) is 0.439. The van der Waals surface area contributed by atoms with Gasteiger partial charge in [0, 0.05) is 20.8 Å². The zero-order valence-corrected chi connectivity index (χ0v) is 7.73. The molecule has 0 radical (unpaired) electrons. The van der Waals surface area contributed by atoms with E-state index in [1.54, 1.807) is 0 Å². The van der Waals surface area contributed by atoms with E-state index in [0.717, 1.165) is 6.61 Å². The summed E-state index contributed by atoms with van der Waals surface area (Å²) in [5.41, 5.74) is 0.134. The van der Waals surface area contributed by atoms with Crippen molar-refractivity contribution >= 4 is 0 Å². The number of ether oxygens (including phenoxy) is 1. The Morgan fingerprint density at radius 2 is 1.80 bits per heavy atom. The average molecular weight is 147 g/mol. The first kappa shape index (κ1) is 9.92. The molecule has 0 aromatic carbocycles. The van der Waals surface area contributed by atoms with E-state index in [1.807, 2.05) is 14.0 Å². The lowest BCUT2D eigenvalue weighted by molar-refractivity contribution is -0.267. The normalized spacial score (nSPS) is 12.6. The van der Waals surface area contributed by atoms with Crippen molar-refractivity contribution in [3.8, 4) is 0 Å². The molecule has 0 atom stereocenters. The zero-order chi connectivity index (χ0) is 8.20. The summed E-state index contributed by atoms with van der Waals surface area (Å²) in [6, 6.07) is 0. The molecule has 2 nitrogen and oxygen atoms in total. The van der Waals surface area contributed by atoms with Gasteiger partial charge in [-0.25, -0.2) is 0 Å². The van der Waals surface area contributed by atoms with E-state index in [4.69, 9.17) is 4.74 Å². The molecular weight excluding hydrogens is 128 g/mol. The first-order valence-electron chi connectivity index (χ1n) is 3.69. The van der Waals surface area contributed by atoms with Gasteiger partial charge >= 0.3 is 0 Å². The second-order valence-corrected chi connectivity index (χ2v) is 3.36. The van der Waals surface area contributed by atoms with E-state index in [0.29, 0.717) is 6.79 Å². The minimum atomic E-state index is 0.134. The lowest BCUT2D eigenvalue weighted by atomic mass is 10.2. The van der Waals surface area contributed by atoms with Crippen LogP contribution in [-0.4, -0.2) is 26.1 Å². The highest BCUT2D eigenvalue weighted by Crippen LogP contribution is 2.14. The van der Waals surface area contributed by atoms with Crippen molar-refractivity contribution in [2.24, 2.45) is 0 Å². The molecule has 0 bridgehead atoms. The first-order valence-corrected chi connectivity index (χ1v) is 3.69. The van der Waals surface area contributed by atoms with Crippen LogP contribution in [0.25, 0.3) is 0 Å². The van der Waals surface area contributed by atoms with Crippen molar-refractivity contribution in [2.75, 3.05) is 20.5 Å². The van der Waals surface area contributed by atoms with Gasteiger partial charge in [-0.05, 0) is 6.92 Å². The number of rotatable bonds is 3. The topological polar surface area (TPSA) is 11.9 Å². The molecular formula is C8H19O2+. The van der Waals surface area contributed by atoms with Gasteiger partial charge in [0.15, 0.2) is 5.60 Å². The van der Waals surface area contributed by atoms with E-state index in [2.05, 4.69) is 25.1 Å². The molecule has 0 saturated carbocycles. The van der Waals surface area contributed by atoms with Gasteiger partial charge in [-0.2, -0.15) is 0 Å². The van der Waals surface area contributed by atoms with Crippen LogP contribution in [0.2, 0.25) is 0 Å². The molecule has 0 fully saturated rings. The summed E-state index contributed by atoms with van der Waals surface area (Å²) in [5.74, 6) is 0. The van der Waals surface area contributed by atoms with E-state index in [1.165, 1.54) is 0 Å². The third kappa shape index (κ3) is 3.85. The molecule has 0 spiro atoms. The Balaban J connectivity index is 3.52. The third-order valence-corrected chi connectivity index (χ3v) is 1.51. The van der Waals surface area contributed by atoms with Crippen molar-refractivity contribution in [1.82, 2.24) is 0 Å². The van der Waals surface area contributed by atoms with Gasteiger partial charge < -0.3 is 9.10 Å². The molecule has 0 aromatic rings. The maximum Gasteiger partial charge on any atom is 0.255 e. The van der Waals surface area contributed by atoms with Crippen LogP contribution in [0.15, 0.2) is 0 Å². The van der Waals surface area contributed by atoms with Crippen LogP contribution < -0.4 is 0 Å². The monoisotopic (exact) mass is 147 g/mol. The summed E-state index contributed by atoms with van der Waals surface area (Å²) in [5, 5.41) is 0. The minimum Gasteiger partial charge on any atom is -0.399 e. The Kier molecular flexibility index (Phi) is 3.91. The Bertz CT molecular complexity index is 83.7. The van der Waals surface area contributed by atoms with Crippen LogP contribution in [0, 0.1) is 0 Å². The maximum atomic E-state index is 5.21. The van der Waals surface area contributed by atoms with Crippen LogP contribution in [0.5, 0.6) is 0 Å². The Morgan fingerprint density at radius 1 is 1.30 bits per heavy atom. The minimum absolute atomic E-state index is 0.134. The van der Waals surface area contributed by atoms with Gasteiger partial charge in [-0.15, -0.1) is 0 Å². The fraction of sp³-hybridized carbons (Fsp3) is 1.00. The van der Waals surface area contributed by atoms with Crippen LogP contribution in [-0.2, 0) is 9.10 Å². The summed E-state index contributed by atoms with van der Waals surface area (Å²) >= 11 is 0. The predicted molar refractivity (Wildman–Crippen MR) is 43.3 cm³/mol. The van der Waals surface area contributed by atoms with Crippen molar-refractivity contribution in [2.45, 2.75) is 33.3 Å². The van der Waals surface area contributed by atoms with Gasteiger partial charge in [0.1, 0.15) is 7.11 Å². The van der Waals surface area contributed by atoms with Crippen LogP contribution in [0.1, 0.15) is 27.7 Å². The summed E-state index contributed by atoms with van der Waals surface area (Å²) in [6.07, 6.45) is 0. The van der Waals surface area contributed by atoms with Gasteiger partial charge in [-0.1, -0.05) is 0 Å². The van der Waals surface area contributed by atoms with Crippen LogP contribution in [0.3, 0.4) is 0 Å². The van der Waals surface area contributed by atoms with Crippen LogP contribution in [0.4, 0.5) is 0 Å². The molecule has 0 aliphatic carbocycles.